The van der Waals surface area contributed by atoms with Gasteiger partial charge in [0.1, 0.15) is 11.5 Å². The lowest BCUT2D eigenvalue weighted by Crippen LogP contribution is -2.34. The van der Waals surface area contributed by atoms with Gasteiger partial charge in [-0.05, 0) is 48.0 Å². The Balaban J connectivity index is 1.57. The van der Waals surface area contributed by atoms with Crippen LogP contribution in [0.4, 0.5) is 5.13 Å². The van der Waals surface area contributed by atoms with Crippen molar-refractivity contribution in [2.24, 2.45) is 0 Å². The summed E-state index contributed by atoms with van der Waals surface area (Å²) in [5, 5.41) is 0.648. The average Bonchev–Trinajstić information content (AvgIpc) is 3.19. The van der Waals surface area contributed by atoms with Crippen LogP contribution in [0.2, 0.25) is 0 Å². The van der Waals surface area contributed by atoms with Gasteiger partial charge in [-0.3, -0.25) is 9.69 Å². The fourth-order valence-electron chi connectivity index (χ4n) is 2.93. The van der Waals surface area contributed by atoms with Gasteiger partial charge in [0.15, 0.2) is 11.7 Å². The van der Waals surface area contributed by atoms with Crippen LogP contribution in [0.15, 0.2) is 77.3 Å². The van der Waals surface area contributed by atoms with E-state index in [1.54, 1.807) is 36.3 Å². The average molecular weight is 483 g/mol. The van der Waals surface area contributed by atoms with E-state index in [9.17, 15) is 4.79 Å². The van der Waals surface area contributed by atoms with Crippen LogP contribution >= 0.6 is 27.3 Å². The van der Waals surface area contributed by atoms with Crippen molar-refractivity contribution >= 4 is 48.5 Å². The minimum Gasteiger partial charge on any atom is -0.497 e. The molecule has 0 aliphatic heterocycles. The van der Waals surface area contributed by atoms with Gasteiger partial charge in [-0.2, -0.15) is 0 Å². The molecule has 3 aromatic carbocycles. The molecule has 152 valence electrons. The maximum Gasteiger partial charge on any atom is 0.267 e. The first-order chi connectivity index (χ1) is 14.6. The number of carbonyl (C=O) groups excluding carboxylic acids is 1. The van der Waals surface area contributed by atoms with Crippen LogP contribution in [0.3, 0.4) is 0 Å². The molecule has 0 atom stereocenters. The number of anilines is 1. The van der Waals surface area contributed by atoms with Crippen molar-refractivity contribution in [1.29, 1.82) is 0 Å². The Hall–Kier alpha value is -2.90. The lowest BCUT2D eigenvalue weighted by atomic mass is 10.2. The van der Waals surface area contributed by atoms with Crippen molar-refractivity contribution < 1.29 is 14.3 Å². The predicted molar refractivity (Wildman–Crippen MR) is 123 cm³/mol. The van der Waals surface area contributed by atoms with Gasteiger partial charge >= 0.3 is 0 Å². The number of aromatic nitrogens is 1. The van der Waals surface area contributed by atoms with Crippen molar-refractivity contribution in [2.45, 2.75) is 6.54 Å². The number of fused-ring (bicyclic) bond motifs is 1. The van der Waals surface area contributed by atoms with Crippen molar-refractivity contribution in [2.75, 3.05) is 18.6 Å². The van der Waals surface area contributed by atoms with E-state index < -0.39 is 0 Å². The Kier molecular flexibility index (Phi) is 6.30. The van der Waals surface area contributed by atoms with E-state index in [1.165, 1.54) is 11.3 Å². The SMILES string of the molecule is COc1ccc(OCC(=O)N(Cc2ccccc2)c2nc3ccc(Br)cc3s2)cc1. The molecule has 4 aromatic rings. The summed E-state index contributed by atoms with van der Waals surface area (Å²) in [4.78, 5) is 19.5. The van der Waals surface area contributed by atoms with E-state index in [2.05, 4.69) is 20.9 Å². The third-order valence-electron chi connectivity index (χ3n) is 4.48. The molecular weight excluding hydrogens is 464 g/mol. The molecule has 0 bridgehead atoms. The Labute approximate surface area is 187 Å². The number of methoxy groups -OCH3 is 1. The van der Waals surface area contributed by atoms with Crippen molar-refractivity contribution in [1.82, 2.24) is 4.98 Å². The number of carbonyl (C=O) groups is 1. The van der Waals surface area contributed by atoms with E-state index in [0.717, 1.165) is 26.0 Å². The summed E-state index contributed by atoms with van der Waals surface area (Å²) in [7, 11) is 1.61. The quantitative estimate of drug-likeness (QED) is 0.340. The van der Waals surface area contributed by atoms with Crippen LogP contribution in [0.5, 0.6) is 11.5 Å². The number of halogens is 1. The summed E-state index contributed by atoms with van der Waals surface area (Å²) in [6.07, 6.45) is 0. The first-order valence-corrected chi connectivity index (χ1v) is 10.9. The fourth-order valence-corrected chi connectivity index (χ4v) is 4.46. The van der Waals surface area contributed by atoms with Gasteiger partial charge in [-0.25, -0.2) is 4.98 Å². The molecule has 0 fully saturated rings. The number of nitrogens with zero attached hydrogens (tertiary/aromatic N) is 2. The molecule has 7 heteroatoms. The Morgan fingerprint density at radius 1 is 1.03 bits per heavy atom. The van der Waals surface area contributed by atoms with Crippen LogP contribution in [-0.2, 0) is 11.3 Å². The third-order valence-corrected chi connectivity index (χ3v) is 6.01. The Bertz CT molecular complexity index is 1150. The lowest BCUT2D eigenvalue weighted by Gasteiger charge is -2.20. The van der Waals surface area contributed by atoms with E-state index in [-0.39, 0.29) is 12.5 Å². The molecule has 0 saturated carbocycles. The number of amides is 1. The third kappa shape index (κ3) is 4.80. The van der Waals surface area contributed by atoms with Gasteiger partial charge in [0.2, 0.25) is 0 Å². The minimum absolute atomic E-state index is 0.0845. The second-order valence-corrected chi connectivity index (χ2v) is 8.46. The molecule has 1 aromatic heterocycles. The molecule has 5 nitrogen and oxygen atoms in total. The molecular formula is C23H19BrN2O3S. The molecule has 0 aliphatic rings. The van der Waals surface area contributed by atoms with Crippen LogP contribution in [-0.4, -0.2) is 24.6 Å². The zero-order valence-electron chi connectivity index (χ0n) is 16.2. The largest absolute Gasteiger partial charge is 0.497 e. The molecule has 0 radical (unpaired) electrons. The highest BCUT2D eigenvalue weighted by Crippen LogP contribution is 2.32. The van der Waals surface area contributed by atoms with E-state index >= 15 is 0 Å². The maximum absolute atomic E-state index is 13.1. The molecule has 30 heavy (non-hydrogen) atoms. The summed E-state index contributed by atoms with van der Waals surface area (Å²) in [6, 6.07) is 22.9. The van der Waals surface area contributed by atoms with Gasteiger partial charge in [0.25, 0.3) is 5.91 Å². The second-order valence-electron chi connectivity index (χ2n) is 6.54. The smallest absolute Gasteiger partial charge is 0.267 e. The fraction of sp³-hybridized carbons (Fsp3) is 0.130. The monoisotopic (exact) mass is 482 g/mol. The van der Waals surface area contributed by atoms with Crippen molar-refractivity contribution in [3.63, 3.8) is 0 Å². The highest BCUT2D eigenvalue weighted by atomic mass is 79.9. The topological polar surface area (TPSA) is 51.7 Å². The van der Waals surface area contributed by atoms with E-state index in [0.29, 0.717) is 17.4 Å². The Morgan fingerprint density at radius 2 is 1.77 bits per heavy atom. The zero-order chi connectivity index (χ0) is 20.9. The highest BCUT2D eigenvalue weighted by molar-refractivity contribution is 9.10. The summed E-state index contributed by atoms with van der Waals surface area (Å²) in [5.41, 5.74) is 1.89. The molecule has 4 rings (SSSR count). The molecule has 0 spiro atoms. The molecule has 0 unspecified atom stereocenters. The summed E-state index contributed by atoms with van der Waals surface area (Å²) < 4.78 is 12.9. The van der Waals surface area contributed by atoms with Crippen molar-refractivity contribution in [3.05, 3.63) is 82.8 Å². The summed E-state index contributed by atoms with van der Waals surface area (Å²) >= 11 is 4.98. The first-order valence-electron chi connectivity index (χ1n) is 9.29. The molecule has 1 amide bonds. The highest BCUT2D eigenvalue weighted by Gasteiger charge is 2.21. The number of hydrogen-bond acceptors (Lipinski definition) is 5. The van der Waals surface area contributed by atoms with E-state index in [4.69, 9.17) is 9.47 Å². The number of thiazole rings is 1. The number of rotatable bonds is 7. The standard InChI is InChI=1S/C23H19BrN2O3S/c1-28-18-8-10-19(11-9-18)29-15-22(27)26(14-16-5-3-2-4-6-16)23-25-20-12-7-17(24)13-21(20)30-23/h2-13H,14-15H2,1H3. The second kappa shape index (κ2) is 9.28. The number of ether oxygens (including phenoxy) is 2. The summed E-state index contributed by atoms with van der Waals surface area (Å²) in [5.74, 6) is 1.19. The van der Waals surface area contributed by atoms with Crippen LogP contribution in [0.1, 0.15) is 5.56 Å². The predicted octanol–water partition coefficient (Wildman–Crippen LogP) is 5.68. The molecule has 0 aliphatic carbocycles. The molecule has 1 heterocycles. The van der Waals surface area contributed by atoms with Crippen LogP contribution < -0.4 is 14.4 Å². The minimum atomic E-state index is -0.159. The van der Waals surface area contributed by atoms with Gasteiger partial charge in [-0.1, -0.05) is 57.6 Å². The van der Waals surface area contributed by atoms with Crippen LogP contribution in [0, 0.1) is 0 Å². The normalized spacial score (nSPS) is 10.7. The van der Waals surface area contributed by atoms with Gasteiger partial charge < -0.3 is 9.47 Å². The molecule has 0 N–H and O–H groups in total. The zero-order valence-corrected chi connectivity index (χ0v) is 18.7. The Morgan fingerprint density at radius 3 is 2.50 bits per heavy atom. The van der Waals surface area contributed by atoms with E-state index in [1.807, 2.05) is 48.5 Å². The van der Waals surface area contributed by atoms with Crippen LogP contribution in [0.25, 0.3) is 10.2 Å². The number of hydrogen-bond donors (Lipinski definition) is 0. The number of benzene rings is 3. The molecule has 0 saturated heterocycles. The van der Waals surface area contributed by atoms with Gasteiger partial charge in [0.05, 0.1) is 23.9 Å². The summed E-state index contributed by atoms with van der Waals surface area (Å²) in [6.45, 7) is 0.339. The van der Waals surface area contributed by atoms with Gasteiger partial charge in [-0.15, -0.1) is 0 Å². The van der Waals surface area contributed by atoms with Crippen molar-refractivity contribution in [3.8, 4) is 11.5 Å². The van der Waals surface area contributed by atoms with Gasteiger partial charge in [0, 0.05) is 4.47 Å². The first kappa shape index (κ1) is 20.4. The lowest BCUT2D eigenvalue weighted by molar-refractivity contribution is -0.120. The maximum atomic E-state index is 13.1.